The number of amides is 1. The zero-order chi connectivity index (χ0) is 12.5. The summed E-state index contributed by atoms with van der Waals surface area (Å²) < 4.78 is 0. The summed E-state index contributed by atoms with van der Waals surface area (Å²) in [5.41, 5.74) is 1.36. The highest BCUT2D eigenvalue weighted by Gasteiger charge is 2.29. The van der Waals surface area contributed by atoms with Gasteiger partial charge in [-0.15, -0.1) is 11.3 Å². The van der Waals surface area contributed by atoms with Crippen LogP contribution in [0.2, 0.25) is 0 Å². The highest BCUT2D eigenvalue weighted by atomic mass is 32.1. The van der Waals surface area contributed by atoms with E-state index in [2.05, 4.69) is 0 Å². The first-order valence-electron chi connectivity index (χ1n) is 5.84. The van der Waals surface area contributed by atoms with Crippen molar-refractivity contribution in [1.82, 2.24) is 4.90 Å². The Morgan fingerprint density at radius 2 is 2.11 bits per heavy atom. The molecule has 4 heteroatoms. The van der Waals surface area contributed by atoms with Crippen LogP contribution in [0, 0.1) is 0 Å². The van der Waals surface area contributed by atoms with Gasteiger partial charge in [0.2, 0.25) is 0 Å². The minimum atomic E-state index is -0.584. The van der Waals surface area contributed by atoms with Crippen LogP contribution in [0.15, 0.2) is 41.8 Å². The largest absolute Gasteiger partial charge is 0.387 e. The van der Waals surface area contributed by atoms with Crippen molar-refractivity contribution >= 4 is 17.2 Å². The van der Waals surface area contributed by atoms with Gasteiger partial charge in [0, 0.05) is 10.4 Å². The molecule has 0 radical (unpaired) electrons. The van der Waals surface area contributed by atoms with Crippen molar-refractivity contribution in [1.29, 1.82) is 0 Å². The van der Waals surface area contributed by atoms with E-state index in [9.17, 15) is 9.90 Å². The number of β-amino-alcohol motifs (C(OH)–C–C–N with tert-alkyl or cyclic N) is 1. The van der Waals surface area contributed by atoms with Gasteiger partial charge in [-0.1, -0.05) is 24.3 Å². The van der Waals surface area contributed by atoms with Gasteiger partial charge in [0.25, 0.3) is 5.91 Å². The maximum atomic E-state index is 12.3. The van der Waals surface area contributed by atoms with Gasteiger partial charge in [-0.3, -0.25) is 4.79 Å². The van der Waals surface area contributed by atoms with E-state index in [1.54, 1.807) is 22.3 Å². The Labute approximate surface area is 109 Å². The molecule has 92 valence electrons. The molecule has 3 rings (SSSR count). The Balaban J connectivity index is 1.90. The summed E-state index contributed by atoms with van der Waals surface area (Å²) in [5, 5.41) is 12.1. The Bertz CT molecular complexity index is 565. The number of aliphatic hydroxyl groups excluding tert-OH is 1. The van der Waals surface area contributed by atoms with E-state index in [1.165, 1.54) is 0 Å². The summed E-state index contributed by atoms with van der Waals surface area (Å²) in [4.78, 5) is 15.1. The lowest BCUT2D eigenvalue weighted by Gasteiger charge is -2.31. The van der Waals surface area contributed by atoms with Crippen LogP contribution in [0.5, 0.6) is 0 Å². The SMILES string of the molecule is O=C1c2ccccc2C(O)CN1Cc1cccs1. The number of aliphatic hydroxyl groups is 1. The molecule has 18 heavy (non-hydrogen) atoms. The molecule has 1 atom stereocenters. The predicted molar refractivity (Wildman–Crippen MR) is 70.5 cm³/mol. The first-order chi connectivity index (χ1) is 8.75. The van der Waals surface area contributed by atoms with Crippen molar-refractivity contribution in [3.63, 3.8) is 0 Å². The molecule has 2 heterocycles. The first kappa shape index (κ1) is 11.4. The average Bonchev–Trinajstić information content (AvgIpc) is 2.89. The fourth-order valence-corrected chi connectivity index (χ4v) is 2.99. The first-order valence-corrected chi connectivity index (χ1v) is 6.72. The van der Waals surface area contributed by atoms with Gasteiger partial charge in [0.05, 0.1) is 19.2 Å². The van der Waals surface area contributed by atoms with E-state index in [1.807, 2.05) is 35.7 Å². The minimum Gasteiger partial charge on any atom is -0.387 e. The molecule has 0 saturated heterocycles. The van der Waals surface area contributed by atoms with Gasteiger partial charge in [0.1, 0.15) is 0 Å². The third-order valence-corrected chi connectivity index (χ3v) is 4.02. The van der Waals surface area contributed by atoms with E-state index < -0.39 is 6.10 Å². The smallest absolute Gasteiger partial charge is 0.254 e. The summed E-state index contributed by atoms with van der Waals surface area (Å²) in [6, 6.07) is 11.3. The fourth-order valence-electron chi connectivity index (χ4n) is 2.27. The summed E-state index contributed by atoms with van der Waals surface area (Å²) >= 11 is 1.63. The average molecular weight is 259 g/mol. The van der Waals surface area contributed by atoms with Crippen molar-refractivity contribution in [2.24, 2.45) is 0 Å². The van der Waals surface area contributed by atoms with Crippen LogP contribution in [0.25, 0.3) is 0 Å². The van der Waals surface area contributed by atoms with E-state index in [-0.39, 0.29) is 5.91 Å². The molecule has 1 aromatic carbocycles. The lowest BCUT2D eigenvalue weighted by atomic mass is 9.97. The fraction of sp³-hybridized carbons (Fsp3) is 0.214. The number of carbonyl (C=O) groups excluding carboxylic acids is 1. The van der Waals surface area contributed by atoms with Gasteiger partial charge in [-0.2, -0.15) is 0 Å². The Morgan fingerprint density at radius 3 is 2.89 bits per heavy atom. The van der Waals surface area contributed by atoms with Crippen LogP contribution in [0.1, 0.15) is 26.9 Å². The molecule has 1 aromatic heterocycles. The highest BCUT2D eigenvalue weighted by Crippen LogP contribution is 2.27. The molecule has 1 N–H and O–H groups in total. The molecule has 2 aromatic rings. The number of thiophene rings is 1. The summed E-state index contributed by atoms with van der Waals surface area (Å²) in [6.07, 6.45) is -0.584. The minimum absolute atomic E-state index is 0.00398. The second-order valence-corrected chi connectivity index (χ2v) is 5.40. The number of hydrogen-bond acceptors (Lipinski definition) is 3. The van der Waals surface area contributed by atoms with E-state index >= 15 is 0 Å². The van der Waals surface area contributed by atoms with E-state index in [0.29, 0.717) is 18.7 Å². The molecule has 1 aliphatic heterocycles. The molecule has 1 aliphatic rings. The maximum absolute atomic E-state index is 12.3. The molecular weight excluding hydrogens is 246 g/mol. The van der Waals surface area contributed by atoms with E-state index in [0.717, 1.165) is 10.4 Å². The van der Waals surface area contributed by atoms with Gasteiger partial charge in [0.15, 0.2) is 0 Å². The van der Waals surface area contributed by atoms with Crippen LogP contribution >= 0.6 is 11.3 Å². The summed E-state index contributed by atoms with van der Waals surface area (Å²) in [5.74, 6) is 0.00398. The standard InChI is InChI=1S/C14H13NO2S/c16-13-9-15(8-10-4-3-7-18-10)14(17)12-6-2-1-5-11(12)13/h1-7,13,16H,8-9H2. The van der Waals surface area contributed by atoms with Crippen LogP contribution < -0.4 is 0 Å². The maximum Gasteiger partial charge on any atom is 0.254 e. The topological polar surface area (TPSA) is 40.5 Å². The number of rotatable bonds is 2. The number of fused-ring (bicyclic) bond motifs is 1. The molecule has 1 amide bonds. The Kier molecular flexibility index (Phi) is 2.89. The van der Waals surface area contributed by atoms with Crippen LogP contribution in [-0.4, -0.2) is 22.5 Å². The number of carbonyl (C=O) groups is 1. The quantitative estimate of drug-likeness (QED) is 0.900. The highest BCUT2D eigenvalue weighted by molar-refractivity contribution is 7.09. The van der Waals surface area contributed by atoms with Crippen molar-refractivity contribution in [2.45, 2.75) is 12.6 Å². The summed E-state index contributed by atoms with van der Waals surface area (Å²) in [7, 11) is 0. The molecular formula is C14H13NO2S. The van der Waals surface area contributed by atoms with Crippen molar-refractivity contribution in [2.75, 3.05) is 6.54 Å². The van der Waals surface area contributed by atoms with E-state index in [4.69, 9.17) is 0 Å². The van der Waals surface area contributed by atoms with Crippen LogP contribution in [0.4, 0.5) is 0 Å². The molecule has 0 spiro atoms. The van der Waals surface area contributed by atoms with Gasteiger partial charge >= 0.3 is 0 Å². The van der Waals surface area contributed by atoms with Crippen LogP contribution in [0.3, 0.4) is 0 Å². The molecule has 0 saturated carbocycles. The number of nitrogens with zero attached hydrogens (tertiary/aromatic N) is 1. The van der Waals surface area contributed by atoms with Gasteiger partial charge < -0.3 is 10.0 Å². The van der Waals surface area contributed by atoms with Crippen molar-refractivity contribution in [3.8, 4) is 0 Å². The third-order valence-electron chi connectivity index (χ3n) is 3.16. The monoisotopic (exact) mass is 259 g/mol. The Hall–Kier alpha value is -1.65. The van der Waals surface area contributed by atoms with Gasteiger partial charge in [-0.05, 0) is 23.1 Å². The van der Waals surface area contributed by atoms with Crippen LogP contribution in [-0.2, 0) is 6.54 Å². The molecule has 0 aliphatic carbocycles. The third kappa shape index (κ3) is 1.94. The lowest BCUT2D eigenvalue weighted by molar-refractivity contribution is 0.0536. The van der Waals surface area contributed by atoms with Crippen molar-refractivity contribution < 1.29 is 9.90 Å². The second-order valence-electron chi connectivity index (χ2n) is 4.37. The zero-order valence-electron chi connectivity index (χ0n) is 9.74. The molecule has 1 unspecified atom stereocenters. The zero-order valence-corrected chi connectivity index (χ0v) is 10.6. The molecule has 3 nitrogen and oxygen atoms in total. The predicted octanol–water partition coefficient (Wildman–Crippen LogP) is 2.44. The Morgan fingerprint density at radius 1 is 1.28 bits per heavy atom. The molecule has 0 bridgehead atoms. The summed E-state index contributed by atoms with van der Waals surface area (Å²) in [6.45, 7) is 0.940. The number of hydrogen-bond donors (Lipinski definition) is 1. The normalized spacial score (nSPS) is 18.8. The number of benzene rings is 1. The lowest BCUT2D eigenvalue weighted by Crippen LogP contribution is -2.39. The molecule has 0 fully saturated rings. The van der Waals surface area contributed by atoms with Crippen molar-refractivity contribution in [3.05, 3.63) is 57.8 Å². The second kappa shape index (κ2) is 4.55. The van der Waals surface area contributed by atoms with Gasteiger partial charge in [-0.25, -0.2) is 0 Å².